The van der Waals surface area contributed by atoms with E-state index in [4.69, 9.17) is 4.74 Å². The highest BCUT2D eigenvalue weighted by atomic mass is 16.6. The largest absolute Gasteiger partial charge is 0.439 e. The Morgan fingerprint density at radius 3 is 3.05 bits per heavy atom. The smallest absolute Gasteiger partial charge is 0.407 e. The molecule has 7 heteroatoms. The number of aryl methyl sites for hydroxylation is 1. The first-order valence-electron chi connectivity index (χ1n) is 7.49. The van der Waals surface area contributed by atoms with E-state index in [9.17, 15) is 9.59 Å². The summed E-state index contributed by atoms with van der Waals surface area (Å²) in [5.74, 6) is -0.0450. The minimum atomic E-state index is -0.551. The van der Waals surface area contributed by atoms with Crippen molar-refractivity contribution in [2.24, 2.45) is 0 Å². The van der Waals surface area contributed by atoms with Gasteiger partial charge in [-0.15, -0.1) is 0 Å². The van der Waals surface area contributed by atoms with Gasteiger partial charge in [0.1, 0.15) is 5.60 Å². The number of piperidine rings is 1. The molecule has 0 unspecified atom stereocenters. The second-order valence-electron chi connectivity index (χ2n) is 6.14. The fraction of sp³-hybridized carbons (Fsp3) is 0.643. The SMILES string of the molecule is O=C1NC[C@@]2(CCCN(C(=O)c3n[nH]c4c3CCC4)C2)O1. The van der Waals surface area contributed by atoms with Crippen molar-refractivity contribution in [1.29, 1.82) is 0 Å². The molecule has 1 spiro atoms. The summed E-state index contributed by atoms with van der Waals surface area (Å²) < 4.78 is 5.41. The maximum atomic E-state index is 12.7. The normalized spacial score (nSPS) is 27.6. The van der Waals surface area contributed by atoms with Gasteiger partial charge in [0.25, 0.3) is 5.91 Å². The van der Waals surface area contributed by atoms with Gasteiger partial charge in [0, 0.05) is 17.8 Å². The van der Waals surface area contributed by atoms with Crippen LogP contribution in [0.15, 0.2) is 0 Å². The van der Waals surface area contributed by atoms with Gasteiger partial charge in [-0.3, -0.25) is 9.89 Å². The minimum Gasteiger partial charge on any atom is -0.439 e. The molecule has 0 radical (unpaired) electrons. The summed E-state index contributed by atoms with van der Waals surface area (Å²) in [4.78, 5) is 25.8. The highest BCUT2D eigenvalue weighted by Crippen LogP contribution is 2.30. The van der Waals surface area contributed by atoms with Crippen molar-refractivity contribution < 1.29 is 14.3 Å². The van der Waals surface area contributed by atoms with Crippen molar-refractivity contribution in [3.63, 3.8) is 0 Å². The van der Waals surface area contributed by atoms with Crippen molar-refractivity contribution in [3.05, 3.63) is 17.0 Å². The molecule has 2 aliphatic heterocycles. The molecule has 0 saturated carbocycles. The number of ether oxygens (including phenoxy) is 1. The zero-order valence-electron chi connectivity index (χ0n) is 11.8. The van der Waals surface area contributed by atoms with Crippen LogP contribution in [0.5, 0.6) is 0 Å². The average Bonchev–Trinajstić information content (AvgIpc) is 3.14. The maximum absolute atomic E-state index is 12.7. The molecule has 2 amide bonds. The Bertz CT molecular complexity index is 611. The van der Waals surface area contributed by atoms with Crippen LogP contribution >= 0.6 is 0 Å². The van der Waals surface area contributed by atoms with E-state index < -0.39 is 5.60 Å². The Kier molecular flexibility index (Phi) is 2.70. The van der Waals surface area contributed by atoms with E-state index >= 15 is 0 Å². The first-order valence-corrected chi connectivity index (χ1v) is 7.49. The molecule has 7 nitrogen and oxygen atoms in total. The summed E-state index contributed by atoms with van der Waals surface area (Å²) in [6, 6.07) is 0. The summed E-state index contributed by atoms with van der Waals surface area (Å²) >= 11 is 0. The molecule has 2 fully saturated rings. The summed E-state index contributed by atoms with van der Waals surface area (Å²) in [5, 5.41) is 9.88. The van der Waals surface area contributed by atoms with Gasteiger partial charge in [0.15, 0.2) is 5.69 Å². The number of amides is 2. The zero-order chi connectivity index (χ0) is 14.4. The molecular formula is C14H18N4O3. The molecule has 1 aliphatic carbocycles. The van der Waals surface area contributed by atoms with Gasteiger partial charge in [-0.1, -0.05) is 0 Å². The number of rotatable bonds is 1. The van der Waals surface area contributed by atoms with E-state index in [0.29, 0.717) is 25.3 Å². The number of H-pyrrole nitrogens is 1. The summed E-state index contributed by atoms with van der Waals surface area (Å²) in [7, 11) is 0. The Morgan fingerprint density at radius 1 is 1.33 bits per heavy atom. The van der Waals surface area contributed by atoms with Crippen LogP contribution in [0.3, 0.4) is 0 Å². The van der Waals surface area contributed by atoms with Crippen LogP contribution in [0.1, 0.15) is 41.0 Å². The standard InChI is InChI=1S/C14H18N4O3/c19-12(11-9-3-1-4-10(9)16-17-11)18-6-2-5-14(8-18)7-15-13(20)21-14/h1-8H2,(H,15,20)(H,16,17)/t14-/m1/s1. The third-order valence-corrected chi connectivity index (χ3v) is 4.70. The van der Waals surface area contributed by atoms with Crippen molar-refractivity contribution in [3.8, 4) is 0 Å². The van der Waals surface area contributed by atoms with E-state index in [1.165, 1.54) is 0 Å². The number of fused-ring (bicyclic) bond motifs is 1. The number of nitrogens with zero attached hydrogens (tertiary/aromatic N) is 2. The molecule has 1 aromatic rings. The van der Waals surface area contributed by atoms with Gasteiger partial charge in [-0.05, 0) is 32.1 Å². The summed E-state index contributed by atoms with van der Waals surface area (Å²) in [5.41, 5.74) is 2.17. The molecule has 3 heterocycles. The lowest BCUT2D eigenvalue weighted by molar-refractivity contribution is -0.00527. The zero-order valence-corrected chi connectivity index (χ0v) is 11.8. The fourth-order valence-electron chi connectivity index (χ4n) is 3.65. The van der Waals surface area contributed by atoms with Crippen molar-refractivity contribution in [2.75, 3.05) is 19.6 Å². The number of likely N-dealkylation sites (tertiary alicyclic amines) is 1. The number of carbonyl (C=O) groups excluding carboxylic acids is 2. The lowest BCUT2D eigenvalue weighted by atomic mass is 9.92. The molecule has 1 aromatic heterocycles. The lowest BCUT2D eigenvalue weighted by Crippen LogP contribution is -2.52. The van der Waals surface area contributed by atoms with E-state index in [2.05, 4.69) is 15.5 Å². The van der Waals surface area contributed by atoms with Crippen LogP contribution < -0.4 is 5.32 Å². The van der Waals surface area contributed by atoms with E-state index in [-0.39, 0.29) is 12.0 Å². The van der Waals surface area contributed by atoms with Gasteiger partial charge in [-0.25, -0.2) is 4.79 Å². The van der Waals surface area contributed by atoms with Crippen molar-refractivity contribution in [2.45, 2.75) is 37.7 Å². The number of hydrogen-bond acceptors (Lipinski definition) is 4. The molecule has 21 heavy (non-hydrogen) atoms. The third kappa shape index (κ3) is 1.99. The van der Waals surface area contributed by atoms with Crippen LogP contribution in [-0.4, -0.2) is 52.3 Å². The average molecular weight is 290 g/mol. The van der Waals surface area contributed by atoms with E-state index in [1.807, 2.05) is 0 Å². The quantitative estimate of drug-likeness (QED) is 0.793. The molecular weight excluding hydrogens is 272 g/mol. The summed E-state index contributed by atoms with van der Waals surface area (Å²) in [6.45, 7) is 1.63. The second kappa shape index (κ2) is 4.47. The van der Waals surface area contributed by atoms with Crippen molar-refractivity contribution >= 4 is 12.0 Å². The number of aromatic nitrogens is 2. The van der Waals surface area contributed by atoms with Gasteiger partial charge < -0.3 is 15.0 Å². The molecule has 4 rings (SSSR count). The highest BCUT2D eigenvalue weighted by Gasteiger charge is 2.45. The monoisotopic (exact) mass is 290 g/mol. The fourth-order valence-corrected chi connectivity index (χ4v) is 3.65. The lowest BCUT2D eigenvalue weighted by Gasteiger charge is -2.37. The van der Waals surface area contributed by atoms with Crippen molar-refractivity contribution in [1.82, 2.24) is 20.4 Å². The molecule has 2 saturated heterocycles. The van der Waals surface area contributed by atoms with Crippen LogP contribution in [0.2, 0.25) is 0 Å². The predicted octanol–water partition coefficient (Wildman–Crippen LogP) is 0.613. The first-order chi connectivity index (χ1) is 10.2. The van der Waals surface area contributed by atoms with Gasteiger partial charge in [-0.2, -0.15) is 5.10 Å². The Labute approximate surface area is 122 Å². The molecule has 2 N–H and O–H groups in total. The Morgan fingerprint density at radius 2 is 2.24 bits per heavy atom. The number of hydrogen-bond donors (Lipinski definition) is 2. The molecule has 1 atom stereocenters. The number of aromatic amines is 1. The summed E-state index contributed by atoms with van der Waals surface area (Å²) in [6.07, 6.45) is 4.23. The van der Waals surface area contributed by atoms with Crippen LogP contribution in [-0.2, 0) is 17.6 Å². The van der Waals surface area contributed by atoms with E-state index in [1.54, 1.807) is 4.90 Å². The predicted molar refractivity (Wildman–Crippen MR) is 73.0 cm³/mol. The van der Waals surface area contributed by atoms with Crippen LogP contribution in [0.25, 0.3) is 0 Å². The number of carbonyl (C=O) groups is 2. The highest BCUT2D eigenvalue weighted by molar-refractivity contribution is 5.94. The number of alkyl carbamates (subject to hydrolysis) is 1. The first kappa shape index (κ1) is 12.7. The topological polar surface area (TPSA) is 87.3 Å². The molecule has 3 aliphatic rings. The van der Waals surface area contributed by atoms with Crippen LogP contribution in [0, 0.1) is 0 Å². The van der Waals surface area contributed by atoms with Gasteiger partial charge in [0.2, 0.25) is 0 Å². The maximum Gasteiger partial charge on any atom is 0.407 e. The van der Waals surface area contributed by atoms with Gasteiger partial charge >= 0.3 is 6.09 Å². The second-order valence-corrected chi connectivity index (χ2v) is 6.14. The minimum absolute atomic E-state index is 0.0450. The molecule has 112 valence electrons. The Hall–Kier alpha value is -2.05. The molecule has 0 aromatic carbocycles. The van der Waals surface area contributed by atoms with Gasteiger partial charge in [0.05, 0.1) is 13.1 Å². The number of nitrogens with one attached hydrogen (secondary N) is 2. The van der Waals surface area contributed by atoms with Crippen LogP contribution in [0.4, 0.5) is 4.79 Å². The Balaban J connectivity index is 1.55. The van der Waals surface area contributed by atoms with E-state index in [0.717, 1.165) is 43.4 Å². The molecule has 0 bridgehead atoms. The third-order valence-electron chi connectivity index (χ3n) is 4.70.